The maximum Gasteiger partial charge on any atom is 0.409 e. The Kier molecular flexibility index (Phi) is 4.34. The Morgan fingerprint density at radius 3 is 2.55 bits per heavy atom. The Hall–Kier alpha value is -2.38. The molecule has 108 valence electrons. The molecule has 1 aromatic rings. The summed E-state index contributed by atoms with van der Waals surface area (Å²) < 4.78 is 4.67. The van der Waals surface area contributed by atoms with E-state index in [1.807, 2.05) is 0 Å². The summed E-state index contributed by atoms with van der Waals surface area (Å²) in [5.74, 6) is -0.257. The number of ether oxygens (including phenoxy) is 1. The Bertz CT molecular complexity index is 536. The van der Waals surface area contributed by atoms with Crippen molar-refractivity contribution < 1.29 is 14.3 Å². The molecule has 20 heavy (non-hydrogen) atoms. The molecule has 1 aromatic heterocycles. The molecule has 8 nitrogen and oxygen atoms in total. The first kappa shape index (κ1) is 14.0. The number of methoxy groups -OCH3 is 1. The predicted molar refractivity (Wildman–Crippen MR) is 69.4 cm³/mol. The summed E-state index contributed by atoms with van der Waals surface area (Å²) >= 11 is 0. The van der Waals surface area contributed by atoms with Gasteiger partial charge in [0.15, 0.2) is 0 Å². The van der Waals surface area contributed by atoms with Gasteiger partial charge in [-0.3, -0.25) is 9.59 Å². The van der Waals surface area contributed by atoms with Crippen LogP contribution in [0.5, 0.6) is 0 Å². The summed E-state index contributed by atoms with van der Waals surface area (Å²) in [7, 11) is 1.33. The van der Waals surface area contributed by atoms with Crippen molar-refractivity contribution in [2.75, 3.05) is 33.3 Å². The molecule has 1 aliphatic rings. The van der Waals surface area contributed by atoms with Crippen molar-refractivity contribution in [2.45, 2.75) is 6.42 Å². The van der Waals surface area contributed by atoms with Crippen molar-refractivity contribution in [3.8, 4) is 0 Å². The van der Waals surface area contributed by atoms with E-state index in [1.165, 1.54) is 19.2 Å². The summed E-state index contributed by atoms with van der Waals surface area (Å²) in [5, 5.41) is 5.95. The van der Waals surface area contributed by atoms with Gasteiger partial charge < -0.3 is 14.5 Å². The molecule has 0 atom stereocenters. The van der Waals surface area contributed by atoms with Gasteiger partial charge in [-0.1, -0.05) is 0 Å². The smallest absolute Gasteiger partial charge is 0.409 e. The molecule has 8 heteroatoms. The van der Waals surface area contributed by atoms with E-state index in [0.717, 1.165) is 0 Å². The highest BCUT2D eigenvalue weighted by Crippen LogP contribution is 2.07. The van der Waals surface area contributed by atoms with Crippen LogP contribution < -0.4 is 5.56 Å². The molecular formula is C12H16N4O4. The van der Waals surface area contributed by atoms with Crippen LogP contribution in [0.1, 0.15) is 16.9 Å². The van der Waals surface area contributed by atoms with E-state index >= 15 is 0 Å². The quantitative estimate of drug-likeness (QED) is 0.761. The second-order valence-corrected chi connectivity index (χ2v) is 4.41. The largest absolute Gasteiger partial charge is 0.453 e. The molecule has 0 aromatic carbocycles. The molecule has 2 rings (SSSR count). The number of aromatic nitrogens is 2. The molecular weight excluding hydrogens is 264 g/mol. The monoisotopic (exact) mass is 280 g/mol. The number of H-pyrrole nitrogens is 1. The second kappa shape index (κ2) is 6.18. The highest BCUT2D eigenvalue weighted by molar-refractivity contribution is 5.92. The summed E-state index contributed by atoms with van der Waals surface area (Å²) in [5.41, 5.74) is -0.162. The maximum atomic E-state index is 12.2. The van der Waals surface area contributed by atoms with Gasteiger partial charge in [0, 0.05) is 32.2 Å². The van der Waals surface area contributed by atoms with Crippen LogP contribution in [-0.4, -0.2) is 65.3 Å². The minimum atomic E-state index is -0.388. The van der Waals surface area contributed by atoms with E-state index in [0.29, 0.717) is 32.6 Å². The summed E-state index contributed by atoms with van der Waals surface area (Å²) in [4.78, 5) is 37.8. The summed E-state index contributed by atoms with van der Waals surface area (Å²) in [6.45, 7) is 1.92. The molecule has 1 aliphatic heterocycles. The lowest BCUT2D eigenvalue weighted by atomic mass is 10.3. The Morgan fingerprint density at radius 1 is 1.20 bits per heavy atom. The molecule has 0 aliphatic carbocycles. The highest BCUT2D eigenvalue weighted by Gasteiger charge is 2.23. The van der Waals surface area contributed by atoms with E-state index in [-0.39, 0.29) is 23.3 Å². The number of carbonyl (C=O) groups excluding carboxylic acids is 2. The first-order chi connectivity index (χ1) is 9.61. The third kappa shape index (κ3) is 3.14. The van der Waals surface area contributed by atoms with Crippen LogP contribution in [0.3, 0.4) is 0 Å². The molecule has 0 saturated carbocycles. The zero-order valence-electron chi connectivity index (χ0n) is 11.2. The van der Waals surface area contributed by atoms with Crippen LogP contribution in [-0.2, 0) is 4.74 Å². The molecule has 1 fully saturated rings. The second-order valence-electron chi connectivity index (χ2n) is 4.41. The molecule has 1 N–H and O–H groups in total. The van der Waals surface area contributed by atoms with Crippen molar-refractivity contribution >= 4 is 12.0 Å². The van der Waals surface area contributed by atoms with Gasteiger partial charge in [0.25, 0.3) is 11.5 Å². The maximum absolute atomic E-state index is 12.2. The van der Waals surface area contributed by atoms with Crippen LogP contribution in [0.2, 0.25) is 0 Å². The standard InChI is InChI=1S/C12H16N4O4/c1-20-12(19)16-6-2-5-15(7-8-16)11(18)9-3-4-10(17)14-13-9/h3-4H,2,5-8H2,1H3,(H,14,17). The van der Waals surface area contributed by atoms with Crippen LogP contribution in [0.15, 0.2) is 16.9 Å². The molecule has 0 radical (unpaired) electrons. The van der Waals surface area contributed by atoms with Gasteiger partial charge in [-0.15, -0.1) is 0 Å². The highest BCUT2D eigenvalue weighted by atomic mass is 16.5. The fourth-order valence-corrected chi connectivity index (χ4v) is 2.06. The van der Waals surface area contributed by atoms with E-state index in [2.05, 4.69) is 14.9 Å². The van der Waals surface area contributed by atoms with Crippen molar-refractivity contribution in [3.05, 3.63) is 28.2 Å². The Labute approximate surface area is 115 Å². The average molecular weight is 280 g/mol. The molecule has 2 amide bonds. The number of carbonyl (C=O) groups is 2. The topological polar surface area (TPSA) is 95.6 Å². The third-order valence-electron chi connectivity index (χ3n) is 3.11. The number of nitrogens with one attached hydrogen (secondary N) is 1. The van der Waals surface area contributed by atoms with Gasteiger partial charge in [0.1, 0.15) is 5.69 Å². The van der Waals surface area contributed by atoms with Crippen LogP contribution in [0.4, 0.5) is 4.79 Å². The first-order valence-corrected chi connectivity index (χ1v) is 6.29. The van der Waals surface area contributed by atoms with E-state index in [4.69, 9.17) is 0 Å². The first-order valence-electron chi connectivity index (χ1n) is 6.29. The van der Waals surface area contributed by atoms with Crippen LogP contribution in [0.25, 0.3) is 0 Å². The van der Waals surface area contributed by atoms with E-state index in [9.17, 15) is 14.4 Å². The normalized spacial score (nSPS) is 15.7. The van der Waals surface area contributed by atoms with Gasteiger partial charge >= 0.3 is 6.09 Å². The van der Waals surface area contributed by atoms with E-state index in [1.54, 1.807) is 9.80 Å². The zero-order chi connectivity index (χ0) is 14.5. The summed E-state index contributed by atoms with van der Waals surface area (Å²) in [6.07, 6.45) is 0.283. The zero-order valence-corrected chi connectivity index (χ0v) is 11.2. The number of hydrogen-bond acceptors (Lipinski definition) is 5. The molecule has 0 unspecified atom stereocenters. The van der Waals surface area contributed by atoms with Gasteiger partial charge in [0.2, 0.25) is 0 Å². The fourth-order valence-electron chi connectivity index (χ4n) is 2.06. The van der Waals surface area contributed by atoms with Gasteiger partial charge in [0.05, 0.1) is 7.11 Å². The van der Waals surface area contributed by atoms with Gasteiger partial charge in [-0.2, -0.15) is 5.10 Å². The Balaban J connectivity index is 2.03. The van der Waals surface area contributed by atoms with Crippen molar-refractivity contribution in [3.63, 3.8) is 0 Å². The lowest BCUT2D eigenvalue weighted by Crippen LogP contribution is -2.37. The van der Waals surface area contributed by atoms with Crippen LogP contribution in [0, 0.1) is 0 Å². The third-order valence-corrected chi connectivity index (χ3v) is 3.11. The molecule has 0 spiro atoms. The van der Waals surface area contributed by atoms with E-state index < -0.39 is 0 Å². The SMILES string of the molecule is COC(=O)N1CCCN(C(=O)c2ccc(=O)[nH]n2)CC1. The van der Waals surface area contributed by atoms with Gasteiger partial charge in [-0.25, -0.2) is 9.89 Å². The molecule has 1 saturated heterocycles. The lowest BCUT2D eigenvalue weighted by Gasteiger charge is -2.20. The fraction of sp³-hybridized carbons (Fsp3) is 0.500. The summed E-state index contributed by atoms with van der Waals surface area (Å²) in [6, 6.07) is 2.66. The van der Waals surface area contributed by atoms with Crippen molar-refractivity contribution in [1.29, 1.82) is 0 Å². The number of nitrogens with zero attached hydrogens (tertiary/aromatic N) is 3. The molecule has 0 bridgehead atoms. The average Bonchev–Trinajstić information content (AvgIpc) is 2.72. The van der Waals surface area contributed by atoms with Crippen molar-refractivity contribution in [1.82, 2.24) is 20.0 Å². The van der Waals surface area contributed by atoms with Crippen molar-refractivity contribution in [2.24, 2.45) is 0 Å². The number of amides is 2. The van der Waals surface area contributed by atoms with Crippen LogP contribution >= 0.6 is 0 Å². The lowest BCUT2D eigenvalue weighted by molar-refractivity contribution is 0.0750. The minimum absolute atomic E-state index is 0.191. The predicted octanol–water partition coefficient (Wildman–Crippen LogP) is -0.316. The molecule has 2 heterocycles. The number of aromatic amines is 1. The number of hydrogen-bond donors (Lipinski definition) is 1. The minimum Gasteiger partial charge on any atom is -0.453 e. The number of rotatable bonds is 1. The van der Waals surface area contributed by atoms with Gasteiger partial charge in [-0.05, 0) is 12.5 Å². The Morgan fingerprint density at radius 2 is 1.90 bits per heavy atom.